The third-order valence-corrected chi connectivity index (χ3v) is 2.04. The Balaban J connectivity index is 2.54. The van der Waals surface area contributed by atoms with E-state index in [4.69, 9.17) is 0 Å². The van der Waals surface area contributed by atoms with Crippen molar-refractivity contribution in [2.45, 2.75) is 26.3 Å². The minimum atomic E-state index is 0.00919. The summed E-state index contributed by atoms with van der Waals surface area (Å²) in [7, 11) is 4.10. The lowest BCUT2D eigenvalue weighted by Gasteiger charge is -2.21. The summed E-state index contributed by atoms with van der Waals surface area (Å²) in [5.41, 5.74) is 0.00919. The highest BCUT2D eigenvalue weighted by Crippen LogP contribution is 2.13. The zero-order chi connectivity index (χ0) is 12.9. The molecule has 5 nitrogen and oxygen atoms in total. The van der Waals surface area contributed by atoms with Gasteiger partial charge in [-0.05, 0) is 34.9 Å². The van der Waals surface area contributed by atoms with Gasteiger partial charge in [0.15, 0.2) is 0 Å². The van der Waals surface area contributed by atoms with Crippen molar-refractivity contribution >= 4 is 11.6 Å². The maximum Gasteiger partial charge on any atom is 0.131 e. The van der Waals surface area contributed by atoms with E-state index in [1.165, 1.54) is 0 Å². The van der Waals surface area contributed by atoms with Crippen LogP contribution in [0, 0.1) is 0 Å². The SMILES string of the molecule is CN(C)CCNc1cc(NC(C)(C)C)ncn1. The number of rotatable bonds is 5. The smallest absolute Gasteiger partial charge is 0.131 e. The minimum Gasteiger partial charge on any atom is -0.369 e. The van der Waals surface area contributed by atoms with Crippen LogP contribution in [0.15, 0.2) is 12.4 Å². The molecule has 1 rings (SSSR count). The molecule has 17 heavy (non-hydrogen) atoms. The molecular formula is C12H23N5. The summed E-state index contributed by atoms with van der Waals surface area (Å²) in [5, 5.41) is 6.59. The van der Waals surface area contributed by atoms with E-state index >= 15 is 0 Å². The Morgan fingerprint density at radius 1 is 1.18 bits per heavy atom. The highest BCUT2D eigenvalue weighted by atomic mass is 15.1. The Hall–Kier alpha value is -1.36. The van der Waals surface area contributed by atoms with Crippen molar-refractivity contribution in [3.8, 4) is 0 Å². The molecule has 0 unspecified atom stereocenters. The van der Waals surface area contributed by atoms with Crippen molar-refractivity contribution in [3.05, 3.63) is 12.4 Å². The average molecular weight is 237 g/mol. The van der Waals surface area contributed by atoms with Crippen molar-refractivity contribution in [2.75, 3.05) is 37.8 Å². The van der Waals surface area contributed by atoms with Gasteiger partial charge in [-0.2, -0.15) is 0 Å². The van der Waals surface area contributed by atoms with E-state index in [1.807, 2.05) is 20.2 Å². The van der Waals surface area contributed by atoms with Gasteiger partial charge in [-0.25, -0.2) is 9.97 Å². The molecule has 1 heterocycles. The van der Waals surface area contributed by atoms with Gasteiger partial charge >= 0.3 is 0 Å². The van der Waals surface area contributed by atoms with E-state index in [0.717, 1.165) is 24.7 Å². The van der Waals surface area contributed by atoms with E-state index in [9.17, 15) is 0 Å². The molecule has 2 N–H and O–H groups in total. The molecule has 1 aromatic heterocycles. The molecule has 5 heteroatoms. The zero-order valence-corrected chi connectivity index (χ0v) is 11.4. The fraction of sp³-hybridized carbons (Fsp3) is 0.667. The molecule has 0 fully saturated rings. The third kappa shape index (κ3) is 6.06. The minimum absolute atomic E-state index is 0.00919. The molecule has 96 valence electrons. The second-order valence-electron chi connectivity index (χ2n) is 5.39. The Labute approximate surface area is 104 Å². The van der Waals surface area contributed by atoms with Gasteiger partial charge in [0.2, 0.25) is 0 Å². The highest BCUT2D eigenvalue weighted by molar-refractivity contribution is 5.47. The monoisotopic (exact) mass is 237 g/mol. The molecule has 0 bridgehead atoms. The Morgan fingerprint density at radius 3 is 2.41 bits per heavy atom. The van der Waals surface area contributed by atoms with Crippen LogP contribution in [0.3, 0.4) is 0 Å². The maximum absolute atomic E-state index is 4.20. The number of anilines is 2. The molecule has 0 saturated heterocycles. The van der Waals surface area contributed by atoms with Crippen molar-refractivity contribution in [3.63, 3.8) is 0 Å². The van der Waals surface area contributed by atoms with Gasteiger partial charge in [0.25, 0.3) is 0 Å². The average Bonchev–Trinajstić information content (AvgIpc) is 2.14. The quantitative estimate of drug-likeness (QED) is 0.815. The van der Waals surface area contributed by atoms with Crippen molar-refractivity contribution in [1.29, 1.82) is 0 Å². The third-order valence-electron chi connectivity index (χ3n) is 2.04. The van der Waals surface area contributed by atoms with Gasteiger partial charge < -0.3 is 15.5 Å². The van der Waals surface area contributed by atoms with E-state index < -0.39 is 0 Å². The van der Waals surface area contributed by atoms with Crippen LogP contribution in [-0.2, 0) is 0 Å². The molecule has 0 aliphatic carbocycles. The molecule has 0 atom stereocenters. The molecule has 0 spiro atoms. The van der Waals surface area contributed by atoms with Crippen LogP contribution in [-0.4, -0.2) is 47.6 Å². The van der Waals surface area contributed by atoms with Gasteiger partial charge in [-0.15, -0.1) is 0 Å². The molecule has 0 radical (unpaired) electrons. The standard InChI is InChI=1S/C12H23N5/c1-12(2,3)16-11-8-10(14-9-15-11)13-6-7-17(4)5/h8-9H,6-7H2,1-5H3,(H2,13,14,15,16). The van der Waals surface area contributed by atoms with Crippen LogP contribution in [0.1, 0.15) is 20.8 Å². The van der Waals surface area contributed by atoms with Gasteiger partial charge in [0.05, 0.1) is 0 Å². The molecule has 0 amide bonds. The second-order valence-corrected chi connectivity index (χ2v) is 5.39. The Morgan fingerprint density at radius 2 is 1.82 bits per heavy atom. The summed E-state index contributed by atoms with van der Waals surface area (Å²) in [6.07, 6.45) is 1.58. The van der Waals surface area contributed by atoms with Gasteiger partial charge in [-0.3, -0.25) is 0 Å². The van der Waals surface area contributed by atoms with E-state index in [0.29, 0.717) is 0 Å². The van der Waals surface area contributed by atoms with Crippen molar-refractivity contribution in [1.82, 2.24) is 14.9 Å². The topological polar surface area (TPSA) is 53.1 Å². The first-order valence-electron chi connectivity index (χ1n) is 5.86. The molecule has 0 saturated carbocycles. The van der Waals surface area contributed by atoms with Gasteiger partial charge in [0.1, 0.15) is 18.0 Å². The summed E-state index contributed by atoms with van der Waals surface area (Å²) < 4.78 is 0. The normalized spacial score (nSPS) is 11.6. The van der Waals surface area contributed by atoms with Crippen LogP contribution in [0.4, 0.5) is 11.6 Å². The molecular weight excluding hydrogens is 214 g/mol. The number of hydrogen-bond donors (Lipinski definition) is 2. The number of nitrogens with zero attached hydrogens (tertiary/aromatic N) is 3. The van der Waals surface area contributed by atoms with Crippen molar-refractivity contribution in [2.24, 2.45) is 0 Å². The lowest BCUT2D eigenvalue weighted by Crippen LogP contribution is -2.27. The van der Waals surface area contributed by atoms with Crippen molar-refractivity contribution < 1.29 is 0 Å². The first-order chi connectivity index (χ1) is 7.87. The van der Waals surface area contributed by atoms with Crippen LogP contribution in [0.5, 0.6) is 0 Å². The summed E-state index contributed by atoms with van der Waals surface area (Å²) in [4.78, 5) is 10.5. The van der Waals surface area contributed by atoms with Crippen LogP contribution in [0.2, 0.25) is 0 Å². The molecule has 0 aliphatic rings. The number of likely N-dealkylation sites (N-methyl/N-ethyl adjacent to an activating group) is 1. The summed E-state index contributed by atoms with van der Waals surface area (Å²) in [6, 6.07) is 1.93. The lowest BCUT2D eigenvalue weighted by atomic mass is 10.1. The Bertz CT molecular complexity index is 343. The fourth-order valence-corrected chi connectivity index (χ4v) is 1.31. The fourth-order valence-electron chi connectivity index (χ4n) is 1.31. The summed E-state index contributed by atoms with van der Waals surface area (Å²) >= 11 is 0. The Kier molecular flexibility index (Phi) is 4.69. The first kappa shape index (κ1) is 13.7. The first-order valence-corrected chi connectivity index (χ1v) is 5.86. The van der Waals surface area contributed by atoms with Gasteiger partial charge in [-0.1, -0.05) is 0 Å². The van der Waals surface area contributed by atoms with E-state index in [2.05, 4.69) is 46.3 Å². The predicted octanol–water partition coefficient (Wildman–Crippen LogP) is 1.66. The lowest BCUT2D eigenvalue weighted by molar-refractivity contribution is 0.425. The van der Waals surface area contributed by atoms with Crippen LogP contribution < -0.4 is 10.6 Å². The molecule has 0 aromatic carbocycles. The molecule has 1 aromatic rings. The zero-order valence-electron chi connectivity index (χ0n) is 11.4. The van der Waals surface area contributed by atoms with E-state index in [1.54, 1.807) is 6.33 Å². The second kappa shape index (κ2) is 5.82. The number of nitrogens with one attached hydrogen (secondary N) is 2. The maximum atomic E-state index is 4.20. The summed E-state index contributed by atoms with van der Waals surface area (Å²) in [6.45, 7) is 8.17. The number of aromatic nitrogens is 2. The van der Waals surface area contributed by atoms with Gasteiger partial charge in [0, 0.05) is 24.7 Å². The largest absolute Gasteiger partial charge is 0.369 e. The van der Waals surface area contributed by atoms with Crippen LogP contribution in [0.25, 0.3) is 0 Å². The highest BCUT2D eigenvalue weighted by Gasteiger charge is 2.10. The molecule has 0 aliphatic heterocycles. The predicted molar refractivity (Wildman–Crippen MR) is 72.5 cm³/mol. The number of hydrogen-bond acceptors (Lipinski definition) is 5. The van der Waals surface area contributed by atoms with Crippen LogP contribution >= 0.6 is 0 Å². The summed E-state index contributed by atoms with van der Waals surface area (Å²) in [5.74, 6) is 1.70. The van der Waals surface area contributed by atoms with E-state index in [-0.39, 0.29) is 5.54 Å².